The van der Waals surface area contributed by atoms with E-state index < -0.39 is 0 Å². The highest BCUT2D eigenvalue weighted by molar-refractivity contribution is 7.99. The molecule has 0 aromatic heterocycles. The molecule has 0 atom stereocenters. The van der Waals surface area contributed by atoms with Crippen molar-refractivity contribution in [1.82, 2.24) is 0 Å². The fourth-order valence-corrected chi connectivity index (χ4v) is 1.39. The number of thioether (sulfide) groups is 1. The molecule has 0 aliphatic rings. The summed E-state index contributed by atoms with van der Waals surface area (Å²) >= 11 is 2.03. The maximum absolute atomic E-state index is 2.29. The van der Waals surface area contributed by atoms with Crippen LogP contribution in [0.2, 0.25) is 0 Å². The minimum absolute atomic E-state index is 1.18. The topological polar surface area (TPSA) is 0 Å². The third-order valence-corrected chi connectivity index (χ3v) is 2.25. The van der Waals surface area contributed by atoms with Crippen LogP contribution in [0, 0.1) is 0 Å². The first-order valence-corrected chi connectivity index (χ1v) is 5.30. The van der Waals surface area contributed by atoms with Gasteiger partial charge in [-0.2, -0.15) is 11.8 Å². The molecule has 0 rings (SSSR count). The van der Waals surface area contributed by atoms with Crippen molar-refractivity contribution >= 4 is 11.8 Å². The zero-order valence-corrected chi connectivity index (χ0v) is 7.91. The third kappa shape index (κ3) is 8.09. The summed E-state index contributed by atoms with van der Waals surface area (Å²) in [7, 11) is 0. The van der Waals surface area contributed by atoms with E-state index >= 15 is 0 Å². The Kier molecular flexibility index (Phi) is 9.17. The second kappa shape index (κ2) is 9.09. The lowest BCUT2D eigenvalue weighted by atomic mass is 10.3. The summed E-state index contributed by atoms with van der Waals surface area (Å²) in [6.45, 7) is 4.39. The lowest BCUT2D eigenvalue weighted by Crippen LogP contribution is -1.77. The highest BCUT2D eigenvalue weighted by Gasteiger charge is 1.82. The largest absolute Gasteiger partial charge is 0.162 e. The maximum Gasteiger partial charge on any atom is -0.00647 e. The van der Waals surface area contributed by atoms with E-state index in [2.05, 4.69) is 26.0 Å². The van der Waals surface area contributed by atoms with Crippen LogP contribution < -0.4 is 0 Å². The van der Waals surface area contributed by atoms with Crippen LogP contribution >= 0.6 is 11.8 Å². The summed E-state index contributed by atoms with van der Waals surface area (Å²) in [6.07, 6.45) is 8.32. The van der Waals surface area contributed by atoms with Gasteiger partial charge in [-0.25, -0.2) is 0 Å². The van der Waals surface area contributed by atoms with Gasteiger partial charge in [0.2, 0.25) is 0 Å². The number of hydrogen-bond acceptors (Lipinski definition) is 1. The summed E-state index contributed by atoms with van der Waals surface area (Å²) in [5, 5.41) is 0. The molecule has 0 saturated heterocycles. The van der Waals surface area contributed by atoms with Crippen molar-refractivity contribution < 1.29 is 0 Å². The van der Waals surface area contributed by atoms with Crippen molar-refractivity contribution in [2.45, 2.75) is 33.1 Å². The smallest absolute Gasteiger partial charge is 0.00647 e. The van der Waals surface area contributed by atoms with E-state index in [9.17, 15) is 0 Å². The Morgan fingerprint density at radius 2 is 2.00 bits per heavy atom. The monoisotopic (exact) mass is 158 g/mol. The molecule has 1 heteroatoms. The Bertz CT molecular complexity index is 76.8. The normalized spacial score (nSPS) is 11.0. The van der Waals surface area contributed by atoms with E-state index in [0.29, 0.717) is 0 Å². The van der Waals surface area contributed by atoms with Gasteiger partial charge in [-0.05, 0) is 30.8 Å². The fourth-order valence-electron chi connectivity index (χ4n) is 0.732. The van der Waals surface area contributed by atoms with E-state index in [0.717, 1.165) is 0 Å². The molecule has 0 bridgehead atoms. The average Bonchev–Trinajstić information content (AvgIpc) is 1.97. The first-order chi connectivity index (χ1) is 4.91. The molecular formula is C9H18S. The molecule has 0 amide bonds. The number of allylic oxidation sites excluding steroid dienone is 2. The highest BCUT2D eigenvalue weighted by Crippen LogP contribution is 2.03. The number of unbranched alkanes of at least 4 members (excludes halogenated alkanes) is 1. The zero-order valence-electron chi connectivity index (χ0n) is 7.10. The van der Waals surface area contributed by atoms with Gasteiger partial charge in [-0.3, -0.25) is 0 Å². The Morgan fingerprint density at radius 3 is 2.60 bits per heavy atom. The quantitative estimate of drug-likeness (QED) is 0.421. The van der Waals surface area contributed by atoms with Crippen LogP contribution in [0.4, 0.5) is 0 Å². The van der Waals surface area contributed by atoms with Crippen molar-refractivity contribution in [2.24, 2.45) is 0 Å². The molecule has 0 aliphatic heterocycles. The minimum atomic E-state index is 1.18. The zero-order chi connectivity index (χ0) is 7.66. The third-order valence-electron chi connectivity index (χ3n) is 1.27. The van der Waals surface area contributed by atoms with Crippen LogP contribution in [0.3, 0.4) is 0 Å². The van der Waals surface area contributed by atoms with Gasteiger partial charge in [0.05, 0.1) is 0 Å². The molecule has 0 radical (unpaired) electrons. The Hall–Kier alpha value is 0.0900. The maximum atomic E-state index is 2.29. The van der Waals surface area contributed by atoms with Gasteiger partial charge in [-0.1, -0.05) is 26.0 Å². The summed E-state index contributed by atoms with van der Waals surface area (Å²) in [4.78, 5) is 0. The lowest BCUT2D eigenvalue weighted by Gasteiger charge is -1.93. The molecule has 0 aromatic rings. The van der Waals surface area contributed by atoms with Gasteiger partial charge in [0, 0.05) is 0 Å². The van der Waals surface area contributed by atoms with Crippen LogP contribution in [0.1, 0.15) is 33.1 Å². The van der Waals surface area contributed by atoms with Gasteiger partial charge in [0.25, 0.3) is 0 Å². The predicted molar refractivity (Wildman–Crippen MR) is 51.7 cm³/mol. The van der Waals surface area contributed by atoms with Crippen molar-refractivity contribution in [3.8, 4) is 0 Å². The first-order valence-electron chi connectivity index (χ1n) is 4.14. The van der Waals surface area contributed by atoms with Gasteiger partial charge >= 0.3 is 0 Å². The predicted octanol–water partition coefficient (Wildman–Crippen LogP) is 3.49. The van der Waals surface area contributed by atoms with E-state index in [-0.39, 0.29) is 0 Å². The molecule has 10 heavy (non-hydrogen) atoms. The molecule has 0 saturated carbocycles. The van der Waals surface area contributed by atoms with Crippen LogP contribution in [0.5, 0.6) is 0 Å². The minimum Gasteiger partial charge on any atom is -0.162 e. The summed E-state index contributed by atoms with van der Waals surface area (Å²) in [5.74, 6) is 2.59. The second-order valence-corrected chi connectivity index (χ2v) is 3.61. The van der Waals surface area contributed by atoms with Gasteiger partial charge in [-0.15, -0.1) is 0 Å². The Labute approximate surface area is 69.1 Å². The molecule has 0 nitrogen and oxygen atoms in total. The van der Waals surface area contributed by atoms with Gasteiger partial charge in [0.15, 0.2) is 0 Å². The van der Waals surface area contributed by atoms with Crippen LogP contribution in [0.25, 0.3) is 0 Å². The van der Waals surface area contributed by atoms with Crippen molar-refractivity contribution in [3.63, 3.8) is 0 Å². The van der Waals surface area contributed by atoms with Crippen LogP contribution in [-0.2, 0) is 0 Å². The first kappa shape index (κ1) is 10.1. The fraction of sp³-hybridized carbons (Fsp3) is 0.778. The standard InChI is InChI=1S/C9H18S/c1-3-5-6-7-8-9-10-4-2/h5-6H,3-4,7-9H2,1-2H3/b6-5-. The average molecular weight is 158 g/mol. The summed E-state index contributed by atoms with van der Waals surface area (Å²) in [6, 6.07) is 0. The SMILES string of the molecule is CC/C=C\CCCSCC. The number of hydrogen-bond donors (Lipinski definition) is 0. The summed E-state index contributed by atoms with van der Waals surface area (Å²) < 4.78 is 0. The molecule has 0 spiro atoms. The molecule has 0 N–H and O–H groups in total. The van der Waals surface area contributed by atoms with Crippen molar-refractivity contribution in [3.05, 3.63) is 12.2 Å². The summed E-state index contributed by atoms with van der Waals surface area (Å²) in [5.41, 5.74) is 0. The van der Waals surface area contributed by atoms with Crippen LogP contribution in [-0.4, -0.2) is 11.5 Å². The van der Waals surface area contributed by atoms with Crippen molar-refractivity contribution in [1.29, 1.82) is 0 Å². The molecule has 0 aromatic carbocycles. The molecule has 0 aliphatic carbocycles. The number of rotatable bonds is 6. The van der Waals surface area contributed by atoms with Crippen molar-refractivity contribution in [2.75, 3.05) is 11.5 Å². The van der Waals surface area contributed by atoms with Gasteiger partial charge in [0.1, 0.15) is 0 Å². The van der Waals surface area contributed by atoms with Crippen LogP contribution in [0.15, 0.2) is 12.2 Å². The molecule has 0 fully saturated rings. The Balaban J connectivity index is 2.83. The van der Waals surface area contributed by atoms with E-state index in [4.69, 9.17) is 0 Å². The van der Waals surface area contributed by atoms with E-state index in [1.165, 1.54) is 30.8 Å². The molecule has 0 heterocycles. The highest BCUT2D eigenvalue weighted by atomic mass is 32.2. The Morgan fingerprint density at radius 1 is 1.20 bits per heavy atom. The molecule has 0 unspecified atom stereocenters. The van der Waals surface area contributed by atoms with E-state index in [1.54, 1.807) is 0 Å². The van der Waals surface area contributed by atoms with Gasteiger partial charge < -0.3 is 0 Å². The molecule has 60 valence electrons. The molecular weight excluding hydrogens is 140 g/mol. The second-order valence-electron chi connectivity index (χ2n) is 2.22. The van der Waals surface area contributed by atoms with E-state index in [1.807, 2.05) is 11.8 Å². The lowest BCUT2D eigenvalue weighted by molar-refractivity contribution is 0.964.